The number of hydrogen-bond acceptors (Lipinski definition) is 4. The van der Waals surface area contributed by atoms with Crippen LogP contribution in [0.3, 0.4) is 0 Å². The van der Waals surface area contributed by atoms with E-state index < -0.39 is 11.9 Å². The van der Waals surface area contributed by atoms with Crippen LogP contribution in [0.1, 0.15) is 12.0 Å². The largest absolute Gasteiger partial charge is 0.288 e. The number of benzene rings is 2. The van der Waals surface area contributed by atoms with Crippen LogP contribution < -0.4 is 9.96 Å². The lowest BCUT2D eigenvalue weighted by atomic mass is 10.2. The van der Waals surface area contributed by atoms with Gasteiger partial charge in [-0.15, -0.1) is 0 Å². The van der Waals surface area contributed by atoms with Gasteiger partial charge in [0.1, 0.15) is 6.04 Å². The maximum Gasteiger partial charge on any atom is 0.259 e. The van der Waals surface area contributed by atoms with Gasteiger partial charge in [0.15, 0.2) is 0 Å². The lowest BCUT2D eigenvalue weighted by molar-refractivity contribution is -0.121. The summed E-state index contributed by atoms with van der Waals surface area (Å²) in [5.41, 5.74) is 1.90. The molecule has 2 aromatic rings. The van der Waals surface area contributed by atoms with Crippen molar-refractivity contribution in [2.45, 2.75) is 19.4 Å². The van der Waals surface area contributed by atoms with Crippen LogP contribution in [0, 0.1) is 6.92 Å². The van der Waals surface area contributed by atoms with Crippen molar-refractivity contribution >= 4 is 23.2 Å². The second kappa shape index (κ2) is 5.61. The summed E-state index contributed by atoms with van der Waals surface area (Å²) in [7, 11) is 0. The molecular formula is C17H16N2O3. The van der Waals surface area contributed by atoms with Gasteiger partial charge in [0.2, 0.25) is 5.91 Å². The normalized spacial score (nSPS) is 17.9. The fraction of sp³-hybridized carbons (Fsp3) is 0.176. The number of carbonyl (C=O) groups is 2. The summed E-state index contributed by atoms with van der Waals surface area (Å²) in [6.07, 6.45) is -0.0431. The minimum absolute atomic E-state index is 0.0431. The maximum absolute atomic E-state index is 12.6. The number of amides is 2. The molecule has 1 heterocycles. The first-order valence-corrected chi connectivity index (χ1v) is 7.05. The van der Waals surface area contributed by atoms with E-state index in [2.05, 4.69) is 0 Å². The van der Waals surface area contributed by atoms with Crippen molar-refractivity contribution in [2.75, 3.05) is 9.96 Å². The van der Waals surface area contributed by atoms with Crippen LogP contribution in [0.25, 0.3) is 0 Å². The van der Waals surface area contributed by atoms with Crippen LogP contribution in [0.4, 0.5) is 11.4 Å². The summed E-state index contributed by atoms with van der Waals surface area (Å²) in [5.74, 6) is -0.718. The quantitative estimate of drug-likeness (QED) is 0.698. The number of hydroxylamine groups is 1. The predicted octanol–water partition coefficient (Wildman–Crippen LogP) is 2.52. The molecule has 0 spiro atoms. The van der Waals surface area contributed by atoms with Crippen LogP contribution in [-0.2, 0) is 9.59 Å². The van der Waals surface area contributed by atoms with Gasteiger partial charge in [-0.25, -0.2) is 9.96 Å². The van der Waals surface area contributed by atoms with E-state index in [0.29, 0.717) is 11.4 Å². The van der Waals surface area contributed by atoms with Gasteiger partial charge in [-0.3, -0.25) is 14.8 Å². The molecular weight excluding hydrogens is 280 g/mol. The zero-order valence-corrected chi connectivity index (χ0v) is 12.1. The van der Waals surface area contributed by atoms with Gasteiger partial charge in [0.25, 0.3) is 5.91 Å². The van der Waals surface area contributed by atoms with Crippen molar-refractivity contribution in [3.8, 4) is 0 Å². The molecule has 0 bridgehead atoms. The van der Waals surface area contributed by atoms with Crippen molar-refractivity contribution in [2.24, 2.45) is 0 Å². The van der Waals surface area contributed by atoms with Gasteiger partial charge in [0, 0.05) is 0 Å². The van der Waals surface area contributed by atoms with E-state index in [0.717, 1.165) is 15.5 Å². The highest BCUT2D eigenvalue weighted by Crippen LogP contribution is 2.29. The van der Waals surface area contributed by atoms with E-state index in [4.69, 9.17) is 0 Å². The Bertz CT molecular complexity index is 715. The molecule has 3 rings (SSSR count). The van der Waals surface area contributed by atoms with Gasteiger partial charge < -0.3 is 0 Å². The Balaban J connectivity index is 1.91. The zero-order chi connectivity index (χ0) is 15.7. The van der Waals surface area contributed by atoms with E-state index >= 15 is 0 Å². The summed E-state index contributed by atoms with van der Waals surface area (Å²) >= 11 is 0. The molecule has 22 heavy (non-hydrogen) atoms. The molecule has 1 aliphatic rings. The maximum atomic E-state index is 12.6. The number of rotatable bonds is 3. The molecule has 2 amide bonds. The first kappa shape index (κ1) is 14.3. The molecule has 5 nitrogen and oxygen atoms in total. The van der Waals surface area contributed by atoms with Crippen LogP contribution >= 0.6 is 0 Å². The summed E-state index contributed by atoms with van der Waals surface area (Å²) in [6, 6.07) is 15.0. The molecule has 2 aromatic carbocycles. The second-order valence-electron chi connectivity index (χ2n) is 5.25. The number of para-hydroxylation sites is 2. The number of nitrogens with zero attached hydrogens (tertiary/aromatic N) is 2. The lowest BCUT2D eigenvalue weighted by Crippen LogP contribution is -2.40. The molecule has 1 aliphatic heterocycles. The number of anilines is 2. The Kier molecular flexibility index (Phi) is 3.65. The first-order chi connectivity index (χ1) is 10.6. The summed E-state index contributed by atoms with van der Waals surface area (Å²) in [4.78, 5) is 26.0. The highest BCUT2D eigenvalue weighted by molar-refractivity contribution is 6.23. The van der Waals surface area contributed by atoms with Crippen molar-refractivity contribution in [3.63, 3.8) is 0 Å². The highest BCUT2D eigenvalue weighted by atomic mass is 16.5. The third-order valence-electron chi connectivity index (χ3n) is 3.80. The summed E-state index contributed by atoms with van der Waals surface area (Å²) in [6.45, 7) is 1.84. The minimum Gasteiger partial charge on any atom is -0.288 e. The van der Waals surface area contributed by atoms with E-state index in [9.17, 15) is 14.8 Å². The molecule has 1 N–H and O–H groups in total. The zero-order valence-electron chi connectivity index (χ0n) is 12.1. The number of aryl methyl sites for hydroxylation is 1. The Hall–Kier alpha value is -2.66. The van der Waals surface area contributed by atoms with Crippen LogP contribution in [-0.4, -0.2) is 23.1 Å². The number of carbonyl (C=O) groups excluding carboxylic acids is 2. The SMILES string of the molecule is Cc1ccccc1N1C(=O)C[C@H](N(O)c2ccccc2)C1=O. The van der Waals surface area contributed by atoms with Gasteiger partial charge in [-0.1, -0.05) is 36.4 Å². The number of imide groups is 1. The molecule has 1 atom stereocenters. The first-order valence-electron chi connectivity index (χ1n) is 7.05. The Morgan fingerprint density at radius 3 is 2.36 bits per heavy atom. The summed E-state index contributed by atoms with van der Waals surface area (Å²) < 4.78 is 0. The smallest absolute Gasteiger partial charge is 0.259 e. The fourth-order valence-corrected chi connectivity index (χ4v) is 2.64. The van der Waals surface area contributed by atoms with Gasteiger partial charge in [-0.2, -0.15) is 0 Å². The van der Waals surface area contributed by atoms with E-state index in [1.807, 2.05) is 25.1 Å². The average molecular weight is 296 g/mol. The van der Waals surface area contributed by atoms with Crippen LogP contribution in [0.5, 0.6) is 0 Å². The molecule has 5 heteroatoms. The van der Waals surface area contributed by atoms with Crippen molar-refractivity contribution < 1.29 is 14.8 Å². The standard InChI is InChI=1S/C17H16N2O3/c1-12-7-5-6-10-14(12)18-16(20)11-15(17(18)21)19(22)13-8-3-2-4-9-13/h2-10,15,22H,11H2,1H3/t15-/m0/s1. The van der Waals surface area contributed by atoms with Crippen molar-refractivity contribution in [1.82, 2.24) is 0 Å². The molecule has 0 aliphatic carbocycles. The minimum atomic E-state index is -0.894. The fourth-order valence-electron chi connectivity index (χ4n) is 2.64. The van der Waals surface area contributed by atoms with Gasteiger partial charge in [-0.05, 0) is 30.7 Å². The second-order valence-corrected chi connectivity index (χ2v) is 5.25. The van der Waals surface area contributed by atoms with Crippen molar-refractivity contribution in [1.29, 1.82) is 0 Å². The van der Waals surface area contributed by atoms with E-state index in [1.54, 1.807) is 36.4 Å². The third kappa shape index (κ3) is 2.35. The summed E-state index contributed by atoms with van der Waals surface area (Å²) in [5, 5.41) is 11.1. The van der Waals surface area contributed by atoms with Crippen LogP contribution in [0.15, 0.2) is 54.6 Å². The molecule has 0 aromatic heterocycles. The Labute approximate surface area is 128 Å². The molecule has 0 radical (unpaired) electrons. The highest BCUT2D eigenvalue weighted by Gasteiger charge is 2.43. The molecule has 0 saturated carbocycles. The lowest BCUT2D eigenvalue weighted by Gasteiger charge is -2.23. The van der Waals surface area contributed by atoms with E-state index in [1.165, 1.54) is 0 Å². The van der Waals surface area contributed by atoms with Crippen LogP contribution in [0.2, 0.25) is 0 Å². The van der Waals surface area contributed by atoms with E-state index in [-0.39, 0.29) is 12.3 Å². The Morgan fingerprint density at radius 2 is 1.68 bits per heavy atom. The number of hydrogen-bond donors (Lipinski definition) is 1. The molecule has 1 saturated heterocycles. The molecule has 112 valence electrons. The predicted molar refractivity (Wildman–Crippen MR) is 82.8 cm³/mol. The van der Waals surface area contributed by atoms with Gasteiger partial charge >= 0.3 is 0 Å². The molecule has 1 fully saturated rings. The van der Waals surface area contributed by atoms with Gasteiger partial charge in [0.05, 0.1) is 17.8 Å². The average Bonchev–Trinajstić information content (AvgIpc) is 2.83. The monoisotopic (exact) mass is 296 g/mol. The topological polar surface area (TPSA) is 60.9 Å². The third-order valence-corrected chi connectivity index (χ3v) is 3.80. The Morgan fingerprint density at radius 1 is 1.05 bits per heavy atom. The molecule has 0 unspecified atom stereocenters. The van der Waals surface area contributed by atoms with Crippen molar-refractivity contribution in [3.05, 3.63) is 60.2 Å².